The van der Waals surface area contributed by atoms with E-state index in [0.717, 1.165) is 5.82 Å². The Hall–Kier alpha value is -3.11. The minimum atomic E-state index is -1.31. The van der Waals surface area contributed by atoms with Crippen LogP contribution in [0.3, 0.4) is 0 Å². The largest absolute Gasteiger partial charge is 0.388 e. The lowest BCUT2D eigenvalue weighted by Gasteiger charge is -2.42. The lowest BCUT2D eigenvalue weighted by molar-refractivity contribution is -0.152. The number of carbonyl (C=O) groups excluding carboxylic acids is 4. The van der Waals surface area contributed by atoms with Gasteiger partial charge in [0.1, 0.15) is 36.8 Å². The Morgan fingerprint density at radius 3 is 2.65 bits per heavy atom. The average Bonchev–Trinajstić information content (AvgIpc) is 3.60. The van der Waals surface area contributed by atoms with Gasteiger partial charge in [0.05, 0.1) is 31.7 Å². The number of hydrogen-bond acceptors (Lipinski definition) is 10. The van der Waals surface area contributed by atoms with Crippen LogP contribution in [0.1, 0.15) is 18.7 Å². The van der Waals surface area contributed by atoms with E-state index in [1.54, 1.807) is 11.1 Å². The molecule has 4 saturated heterocycles. The number of amides is 4. The van der Waals surface area contributed by atoms with Crippen LogP contribution >= 0.6 is 0 Å². The molecule has 4 N–H and O–H groups in total. The van der Waals surface area contributed by atoms with Gasteiger partial charge in [-0.15, -0.1) is 0 Å². The number of aliphatic hydroxyl groups excluding tert-OH is 2. The summed E-state index contributed by atoms with van der Waals surface area (Å²) in [6, 6.07) is -1.91. The zero-order valence-corrected chi connectivity index (χ0v) is 22.6. The van der Waals surface area contributed by atoms with Crippen molar-refractivity contribution >= 4 is 23.6 Å². The second-order valence-electron chi connectivity index (χ2n) is 10.9. The molecule has 15 heteroatoms. The van der Waals surface area contributed by atoms with Crippen molar-refractivity contribution in [2.75, 3.05) is 46.4 Å². The molecule has 7 atom stereocenters. The van der Waals surface area contributed by atoms with Gasteiger partial charge in [-0.05, 0) is 6.42 Å². The van der Waals surface area contributed by atoms with Crippen molar-refractivity contribution in [1.82, 2.24) is 34.9 Å². The highest BCUT2D eigenvalue weighted by Gasteiger charge is 2.47. The highest BCUT2D eigenvalue weighted by molar-refractivity contribution is 5.90. The molecular weight excluding hydrogens is 526 g/mol. The molecule has 0 aromatic carbocycles. The molecule has 6 bridgehead atoms. The van der Waals surface area contributed by atoms with E-state index in [2.05, 4.69) is 15.6 Å². The molecule has 1 aromatic heterocycles. The molecule has 220 valence electrons. The molecule has 15 nitrogen and oxygen atoms in total. The van der Waals surface area contributed by atoms with Gasteiger partial charge in [0.2, 0.25) is 23.6 Å². The number of aliphatic hydroxyl groups is 2. The first kappa shape index (κ1) is 28.4. The van der Waals surface area contributed by atoms with Gasteiger partial charge in [-0.25, -0.2) is 4.98 Å². The number of hydrogen-bond donors (Lipinski definition) is 4. The summed E-state index contributed by atoms with van der Waals surface area (Å²) in [5, 5.41) is 26.7. The predicted molar refractivity (Wildman–Crippen MR) is 136 cm³/mol. The Kier molecular flexibility index (Phi) is 8.37. The van der Waals surface area contributed by atoms with Crippen LogP contribution in [-0.2, 0) is 42.2 Å². The van der Waals surface area contributed by atoms with E-state index in [-0.39, 0.29) is 63.0 Å². The molecule has 0 unspecified atom stereocenters. The number of likely N-dealkylation sites (tertiary alicyclic amines) is 1. The Bertz CT molecular complexity index is 1130. The topological polar surface area (TPSA) is 179 Å². The summed E-state index contributed by atoms with van der Waals surface area (Å²) in [6.45, 7) is 0.766. The number of piperazine rings is 1. The third kappa shape index (κ3) is 5.69. The number of ether oxygens (including phenoxy) is 2. The van der Waals surface area contributed by atoms with Gasteiger partial charge in [0.25, 0.3) is 0 Å². The SMILES string of the molecule is COCC(=O)N1CCN2C[C@H]1C(=O)NC[C@H]1O[C@@H](CC(=O)N[C@H]3C[C@@H](C2=O)N(Cc2nccn2C)C3)[C@H](O)[C@@H]1O. The number of aryl methyl sites for hydroxylation is 1. The zero-order valence-electron chi connectivity index (χ0n) is 22.6. The van der Waals surface area contributed by atoms with E-state index in [4.69, 9.17) is 9.47 Å². The fourth-order valence-electron chi connectivity index (χ4n) is 6.04. The number of methoxy groups -OCH3 is 1. The number of nitrogens with zero attached hydrogens (tertiary/aromatic N) is 5. The van der Waals surface area contributed by atoms with Crippen LogP contribution in [0.25, 0.3) is 0 Å². The molecule has 4 fully saturated rings. The number of fused-ring (bicyclic) bond motifs is 6. The third-order valence-electron chi connectivity index (χ3n) is 8.23. The van der Waals surface area contributed by atoms with Crippen LogP contribution in [0.2, 0.25) is 0 Å². The summed E-state index contributed by atoms with van der Waals surface area (Å²) >= 11 is 0. The second-order valence-corrected chi connectivity index (χ2v) is 10.9. The van der Waals surface area contributed by atoms with Gasteiger partial charge in [-0.1, -0.05) is 0 Å². The summed E-state index contributed by atoms with van der Waals surface area (Å²) < 4.78 is 12.6. The molecule has 0 saturated carbocycles. The number of rotatable bonds is 4. The van der Waals surface area contributed by atoms with E-state index < -0.39 is 42.4 Å². The van der Waals surface area contributed by atoms with Gasteiger partial charge >= 0.3 is 0 Å². The van der Waals surface area contributed by atoms with Crippen molar-refractivity contribution in [3.8, 4) is 0 Å². The number of nitrogens with one attached hydrogen (secondary N) is 2. The molecule has 0 radical (unpaired) electrons. The van der Waals surface area contributed by atoms with Gasteiger partial charge in [0.15, 0.2) is 0 Å². The van der Waals surface area contributed by atoms with E-state index in [1.165, 1.54) is 12.0 Å². The maximum Gasteiger partial charge on any atom is 0.249 e. The third-order valence-corrected chi connectivity index (χ3v) is 8.23. The molecule has 40 heavy (non-hydrogen) atoms. The highest BCUT2D eigenvalue weighted by Crippen LogP contribution is 2.27. The van der Waals surface area contributed by atoms with Gasteiger partial charge in [-0.2, -0.15) is 0 Å². The first-order valence-corrected chi connectivity index (χ1v) is 13.5. The summed E-state index contributed by atoms with van der Waals surface area (Å²) in [5.74, 6) is -0.700. The average molecular weight is 564 g/mol. The zero-order chi connectivity index (χ0) is 28.6. The molecule has 5 rings (SSSR count). The van der Waals surface area contributed by atoms with Gasteiger partial charge in [-0.3, -0.25) is 24.1 Å². The summed E-state index contributed by atoms with van der Waals surface area (Å²) in [5.41, 5.74) is 0. The molecule has 0 aliphatic carbocycles. The Morgan fingerprint density at radius 2 is 1.93 bits per heavy atom. The Balaban J connectivity index is 1.43. The van der Waals surface area contributed by atoms with Crippen molar-refractivity contribution in [3.63, 3.8) is 0 Å². The van der Waals surface area contributed by atoms with Crippen molar-refractivity contribution < 1.29 is 38.9 Å². The summed E-state index contributed by atoms with van der Waals surface area (Å²) in [4.78, 5) is 62.3. The van der Waals surface area contributed by atoms with Crippen LogP contribution < -0.4 is 10.6 Å². The Morgan fingerprint density at radius 1 is 1.15 bits per heavy atom. The number of imidazole rings is 1. The number of aromatic nitrogens is 2. The van der Waals surface area contributed by atoms with Crippen molar-refractivity contribution in [2.45, 2.75) is 61.9 Å². The van der Waals surface area contributed by atoms with E-state index in [1.807, 2.05) is 22.7 Å². The highest BCUT2D eigenvalue weighted by atomic mass is 16.5. The van der Waals surface area contributed by atoms with Gasteiger partial charge in [0, 0.05) is 58.8 Å². The summed E-state index contributed by atoms with van der Waals surface area (Å²) in [7, 11) is 3.26. The fourth-order valence-corrected chi connectivity index (χ4v) is 6.04. The number of carbonyl (C=O) groups is 4. The van der Waals surface area contributed by atoms with Gasteiger partial charge < -0.3 is 44.7 Å². The van der Waals surface area contributed by atoms with Crippen molar-refractivity contribution in [2.24, 2.45) is 7.05 Å². The molecule has 4 aliphatic rings. The Labute approximate surface area is 231 Å². The molecule has 5 heterocycles. The quantitative estimate of drug-likeness (QED) is 0.284. The van der Waals surface area contributed by atoms with Crippen LogP contribution in [0.5, 0.6) is 0 Å². The second kappa shape index (κ2) is 11.8. The standard InChI is InChI=1S/C25H37N7O8/c1-29-4-3-26-19(29)12-31-10-14-7-15(31)25(38)30-5-6-32(21(34)13-39-2)16(11-30)24(37)27-9-18-23(36)22(35)17(40-18)8-20(33)28-14/h3-4,14-18,22-23,35-36H,5-13H2,1-2H3,(H,27,37)(H,28,33)/t14-,15-,16-,17-,18+,22-,23+/m0/s1. The smallest absolute Gasteiger partial charge is 0.249 e. The predicted octanol–water partition coefficient (Wildman–Crippen LogP) is -3.83. The minimum Gasteiger partial charge on any atom is -0.388 e. The lowest BCUT2D eigenvalue weighted by Crippen LogP contribution is -2.64. The van der Waals surface area contributed by atoms with Crippen molar-refractivity contribution in [3.05, 3.63) is 18.2 Å². The maximum absolute atomic E-state index is 13.9. The maximum atomic E-state index is 13.9. The first-order chi connectivity index (χ1) is 19.2. The van der Waals surface area contributed by atoms with Crippen LogP contribution in [0, 0.1) is 0 Å². The first-order valence-electron chi connectivity index (χ1n) is 13.5. The minimum absolute atomic E-state index is 0.0246. The monoisotopic (exact) mass is 563 g/mol. The molecule has 4 aliphatic heterocycles. The lowest BCUT2D eigenvalue weighted by atomic mass is 10.0. The van der Waals surface area contributed by atoms with Crippen LogP contribution in [0.4, 0.5) is 0 Å². The van der Waals surface area contributed by atoms with Crippen LogP contribution in [0.15, 0.2) is 12.4 Å². The van der Waals surface area contributed by atoms with E-state index in [0.29, 0.717) is 19.5 Å². The van der Waals surface area contributed by atoms with Crippen molar-refractivity contribution in [1.29, 1.82) is 0 Å². The van der Waals surface area contributed by atoms with E-state index in [9.17, 15) is 29.4 Å². The molecule has 0 spiro atoms. The molecular formula is C25H37N7O8. The summed E-state index contributed by atoms with van der Waals surface area (Å²) in [6.07, 6.45) is -0.886. The van der Waals surface area contributed by atoms with E-state index >= 15 is 0 Å². The van der Waals surface area contributed by atoms with Crippen LogP contribution in [-0.4, -0.2) is 147 Å². The fraction of sp³-hybridized carbons (Fsp3) is 0.720. The normalized spacial score (nSPS) is 33.7. The molecule has 1 aromatic rings. The molecule has 4 amide bonds.